The number of carbonyl (C=O) groups excluding carboxylic acids is 2. The number of amides is 1. The molecule has 0 spiro atoms. The second-order valence-corrected chi connectivity index (χ2v) is 32.3. The first kappa shape index (κ1) is 98.3. The summed E-state index contributed by atoms with van der Waals surface area (Å²) in [5.74, 6) is -0.0306. The monoisotopic (exact) mass is 1410 g/mol. The molecule has 3 N–H and O–H groups in total. The van der Waals surface area contributed by atoms with Crippen LogP contribution in [0.15, 0.2) is 24.3 Å². The molecule has 1 amide bonds. The van der Waals surface area contributed by atoms with Gasteiger partial charge in [0.2, 0.25) is 5.91 Å². The van der Waals surface area contributed by atoms with Crippen molar-refractivity contribution in [3.05, 3.63) is 24.3 Å². The van der Waals surface area contributed by atoms with E-state index >= 15 is 0 Å². The molecule has 0 bridgehead atoms. The maximum Gasteiger partial charge on any atom is 0.305 e. The van der Waals surface area contributed by atoms with E-state index in [0.29, 0.717) is 19.4 Å². The number of carbonyl (C=O) groups is 2. The minimum atomic E-state index is -0.842. The van der Waals surface area contributed by atoms with Gasteiger partial charge < -0.3 is 20.3 Å². The fourth-order valence-corrected chi connectivity index (χ4v) is 15.2. The van der Waals surface area contributed by atoms with Crippen molar-refractivity contribution in [1.29, 1.82) is 0 Å². The summed E-state index contributed by atoms with van der Waals surface area (Å²) in [5, 5.41) is 23.4. The van der Waals surface area contributed by atoms with Gasteiger partial charge in [0, 0.05) is 12.8 Å². The first-order chi connectivity index (χ1) is 49.5. The first-order valence-corrected chi connectivity index (χ1v) is 46.6. The largest absolute Gasteiger partial charge is 0.466 e. The highest BCUT2D eigenvalue weighted by Gasteiger charge is 2.18. The van der Waals surface area contributed by atoms with E-state index in [1.807, 2.05) is 6.08 Å². The third-order valence-corrected chi connectivity index (χ3v) is 22.2. The second kappa shape index (κ2) is 89.7. The van der Waals surface area contributed by atoms with Gasteiger partial charge in [-0.05, 0) is 57.8 Å². The van der Waals surface area contributed by atoms with Crippen molar-refractivity contribution in [2.45, 2.75) is 553 Å². The molecule has 6 heteroatoms. The Morgan fingerprint density at radius 1 is 0.270 bits per heavy atom. The molecular formula is C94H183NO5. The summed E-state index contributed by atoms with van der Waals surface area (Å²) in [6.45, 7) is 4.97. The van der Waals surface area contributed by atoms with Gasteiger partial charge in [0.1, 0.15) is 0 Å². The summed E-state index contributed by atoms with van der Waals surface area (Å²) >= 11 is 0. The average molecular weight is 1410 g/mol. The molecule has 594 valence electrons. The first-order valence-electron chi connectivity index (χ1n) is 46.6. The highest BCUT2D eigenvalue weighted by molar-refractivity contribution is 5.76. The lowest BCUT2D eigenvalue weighted by molar-refractivity contribution is -0.143. The lowest BCUT2D eigenvalue weighted by atomic mass is 10.0. The number of hydrogen-bond donors (Lipinski definition) is 3. The van der Waals surface area contributed by atoms with Gasteiger partial charge in [-0.15, -0.1) is 0 Å². The van der Waals surface area contributed by atoms with Gasteiger partial charge >= 0.3 is 5.97 Å². The van der Waals surface area contributed by atoms with Crippen LogP contribution in [-0.2, 0) is 14.3 Å². The van der Waals surface area contributed by atoms with Crippen molar-refractivity contribution < 1.29 is 24.5 Å². The maximum absolute atomic E-state index is 12.6. The molecule has 0 aromatic heterocycles. The normalized spacial score (nSPS) is 12.5. The highest BCUT2D eigenvalue weighted by atomic mass is 16.5. The van der Waals surface area contributed by atoms with E-state index in [2.05, 4.69) is 31.3 Å². The van der Waals surface area contributed by atoms with E-state index in [1.54, 1.807) is 6.08 Å². The molecule has 6 nitrogen and oxygen atoms in total. The van der Waals surface area contributed by atoms with Crippen LogP contribution in [0.2, 0.25) is 0 Å². The van der Waals surface area contributed by atoms with Gasteiger partial charge in [-0.2, -0.15) is 0 Å². The topological polar surface area (TPSA) is 95.9 Å². The van der Waals surface area contributed by atoms with Crippen LogP contribution >= 0.6 is 0 Å². The third kappa shape index (κ3) is 85.3. The molecule has 100 heavy (non-hydrogen) atoms. The number of rotatable bonds is 89. The molecule has 0 aliphatic rings. The summed E-state index contributed by atoms with van der Waals surface area (Å²) in [5.41, 5.74) is 0. The molecule has 0 heterocycles. The molecule has 0 rings (SSSR count). The minimum absolute atomic E-state index is 0.0249. The molecule has 0 radical (unpaired) electrons. The van der Waals surface area contributed by atoms with Crippen LogP contribution in [0.5, 0.6) is 0 Å². The zero-order chi connectivity index (χ0) is 71.9. The van der Waals surface area contributed by atoms with Crippen molar-refractivity contribution in [2.24, 2.45) is 0 Å². The fraction of sp³-hybridized carbons (Fsp3) is 0.936. The Hall–Kier alpha value is -1.66. The van der Waals surface area contributed by atoms with Gasteiger partial charge in [-0.3, -0.25) is 9.59 Å². The van der Waals surface area contributed by atoms with Gasteiger partial charge in [-0.25, -0.2) is 0 Å². The van der Waals surface area contributed by atoms with Crippen LogP contribution in [-0.4, -0.2) is 47.4 Å². The third-order valence-electron chi connectivity index (χ3n) is 22.2. The Labute approximate surface area is 628 Å². The Balaban J connectivity index is 3.31. The number of nitrogens with one attached hydrogen (secondary N) is 1. The van der Waals surface area contributed by atoms with Gasteiger partial charge in [0.05, 0.1) is 25.4 Å². The number of aliphatic hydroxyl groups excluding tert-OH is 2. The summed E-state index contributed by atoms with van der Waals surface area (Å²) < 4.78 is 5.53. The Morgan fingerprint density at radius 3 is 0.710 bits per heavy atom. The average Bonchev–Trinajstić information content (AvgIpc) is 1.80. The number of unbranched alkanes of at least 4 members (excludes halogenated alkanes) is 76. The van der Waals surface area contributed by atoms with Crippen LogP contribution in [0.25, 0.3) is 0 Å². The van der Waals surface area contributed by atoms with Crippen molar-refractivity contribution in [2.75, 3.05) is 13.2 Å². The van der Waals surface area contributed by atoms with Crippen LogP contribution in [0.4, 0.5) is 0 Å². The SMILES string of the molecule is CCCCCCCC/C=C\CCCCCCCCCCCC(=O)OCCCCCCCCCCCCCCCCCCCCCCCCCCCCCCCCCCCCCCCCCC(=O)NC(CO)C(O)/C=C/CCCCCCCCCCCCCCCCCCCCCCCCC. The van der Waals surface area contributed by atoms with E-state index in [0.717, 1.165) is 38.5 Å². The van der Waals surface area contributed by atoms with Crippen molar-refractivity contribution in [3.8, 4) is 0 Å². The molecule has 0 aromatic carbocycles. The number of hydrogen-bond acceptors (Lipinski definition) is 5. The van der Waals surface area contributed by atoms with Crippen molar-refractivity contribution in [3.63, 3.8) is 0 Å². The van der Waals surface area contributed by atoms with E-state index < -0.39 is 12.1 Å². The van der Waals surface area contributed by atoms with Gasteiger partial charge in [0.15, 0.2) is 0 Å². The van der Waals surface area contributed by atoms with Crippen molar-refractivity contribution in [1.82, 2.24) is 5.32 Å². The molecule has 0 aliphatic carbocycles. The number of ether oxygens (including phenoxy) is 1. The predicted molar refractivity (Wildman–Crippen MR) is 444 cm³/mol. The van der Waals surface area contributed by atoms with Gasteiger partial charge in [-0.1, -0.05) is 494 Å². The smallest absolute Gasteiger partial charge is 0.305 e. The van der Waals surface area contributed by atoms with E-state index in [-0.39, 0.29) is 18.5 Å². The quantitative estimate of drug-likeness (QED) is 0.0320. The second-order valence-electron chi connectivity index (χ2n) is 32.3. The zero-order valence-corrected chi connectivity index (χ0v) is 68.5. The van der Waals surface area contributed by atoms with Crippen LogP contribution in [0, 0.1) is 0 Å². The molecule has 0 saturated carbocycles. The zero-order valence-electron chi connectivity index (χ0n) is 68.5. The number of allylic oxidation sites excluding steroid dienone is 3. The van der Waals surface area contributed by atoms with Crippen LogP contribution in [0.3, 0.4) is 0 Å². The lowest BCUT2D eigenvalue weighted by Crippen LogP contribution is -2.45. The Bertz CT molecular complexity index is 1580. The molecular weight excluding hydrogens is 1220 g/mol. The highest BCUT2D eigenvalue weighted by Crippen LogP contribution is 2.22. The maximum atomic E-state index is 12.6. The number of esters is 1. The van der Waals surface area contributed by atoms with Crippen molar-refractivity contribution >= 4 is 11.9 Å². The van der Waals surface area contributed by atoms with Crippen LogP contribution < -0.4 is 5.32 Å². The molecule has 0 saturated heterocycles. The van der Waals surface area contributed by atoms with E-state index in [9.17, 15) is 19.8 Å². The summed E-state index contributed by atoms with van der Waals surface area (Å²) in [6, 6.07) is -0.625. The van der Waals surface area contributed by atoms with Gasteiger partial charge in [0.25, 0.3) is 0 Å². The molecule has 2 atom stereocenters. The Kier molecular flexibility index (Phi) is 88.2. The predicted octanol–water partition coefficient (Wildman–Crippen LogP) is 31.5. The number of aliphatic hydroxyl groups is 2. The lowest BCUT2D eigenvalue weighted by Gasteiger charge is -2.20. The molecule has 0 fully saturated rings. The molecule has 0 aromatic rings. The minimum Gasteiger partial charge on any atom is -0.466 e. The van der Waals surface area contributed by atoms with E-state index in [1.165, 1.54) is 475 Å². The molecule has 2 unspecified atom stereocenters. The standard InChI is InChI=1S/C94H183NO5/c1-3-5-7-9-11-13-15-17-19-21-23-24-25-41-44-47-51-54-58-62-66-70-74-78-82-86-92(97)91(90-96)95-93(98)87-83-79-75-71-67-63-59-55-52-48-45-42-39-37-35-33-31-29-27-26-28-30-32-34-36-38-40-43-46-49-53-57-61-65-69-73-77-81-85-89-100-94(99)88-84-80-76-72-68-64-60-56-50-22-20-18-16-14-12-10-8-6-4-2/h18,20,82,86,91-92,96-97H,3-17,19,21-81,83-85,87-90H2,1-2H3,(H,95,98)/b20-18-,86-82+. The van der Waals surface area contributed by atoms with Crippen LogP contribution in [0.1, 0.15) is 540 Å². The molecule has 0 aliphatic heterocycles. The fourth-order valence-electron chi connectivity index (χ4n) is 15.2. The van der Waals surface area contributed by atoms with E-state index in [4.69, 9.17) is 4.74 Å². The Morgan fingerprint density at radius 2 is 0.470 bits per heavy atom. The summed E-state index contributed by atoms with van der Waals surface area (Å²) in [7, 11) is 0. The summed E-state index contributed by atoms with van der Waals surface area (Å²) in [6.07, 6.45) is 118. The summed E-state index contributed by atoms with van der Waals surface area (Å²) in [4.78, 5) is 24.7.